The number of aromatic amines is 1. The van der Waals surface area contributed by atoms with Gasteiger partial charge < -0.3 is 19.2 Å². The van der Waals surface area contributed by atoms with Crippen molar-refractivity contribution in [3.63, 3.8) is 0 Å². The van der Waals surface area contributed by atoms with E-state index in [-0.39, 0.29) is 17.6 Å². The highest BCUT2D eigenvalue weighted by Crippen LogP contribution is 2.33. The van der Waals surface area contributed by atoms with Crippen molar-refractivity contribution in [3.8, 4) is 0 Å². The maximum absolute atomic E-state index is 13.7. The van der Waals surface area contributed by atoms with Crippen LogP contribution in [0.3, 0.4) is 0 Å². The average Bonchev–Trinajstić information content (AvgIpc) is 3.36. The van der Waals surface area contributed by atoms with Crippen molar-refractivity contribution in [1.82, 2.24) is 14.8 Å². The lowest BCUT2D eigenvalue weighted by Gasteiger charge is -2.38. The molecule has 28 heavy (non-hydrogen) atoms. The largest absolute Gasteiger partial charge is 0.459 e. The van der Waals surface area contributed by atoms with E-state index in [4.69, 9.17) is 4.42 Å². The summed E-state index contributed by atoms with van der Waals surface area (Å²) in [6.45, 7) is 5.50. The van der Waals surface area contributed by atoms with Gasteiger partial charge in [-0.3, -0.25) is 9.59 Å². The molecule has 1 fully saturated rings. The molecule has 2 aromatic heterocycles. The molecule has 3 heterocycles. The van der Waals surface area contributed by atoms with Crippen molar-refractivity contribution in [2.75, 3.05) is 26.2 Å². The molecule has 1 aliphatic rings. The van der Waals surface area contributed by atoms with E-state index in [1.165, 1.54) is 18.4 Å². The van der Waals surface area contributed by atoms with Crippen LogP contribution >= 0.6 is 0 Å². The van der Waals surface area contributed by atoms with E-state index in [0.717, 1.165) is 11.1 Å². The Morgan fingerprint density at radius 3 is 2.50 bits per heavy atom. The lowest BCUT2D eigenvalue weighted by molar-refractivity contribution is -0.137. The number of benzene rings is 1. The van der Waals surface area contributed by atoms with Gasteiger partial charge in [0.25, 0.3) is 5.91 Å². The number of nitrogens with zero attached hydrogens (tertiary/aromatic N) is 2. The molecule has 0 unspecified atom stereocenters. The fourth-order valence-electron chi connectivity index (χ4n) is 3.79. The van der Waals surface area contributed by atoms with E-state index in [1.54, 1.807) is 34.2 Å². The first-order chi connectivity index (χ1) is 13.4. The lowest BCUT2D eigenvalue weighted by atomic mass is 9.82. The van der Waals surface area contributed by atoms with Gasteiger partial charge in [-0.1, -0.05) is 0 Å². The number of carbonyl (C=O) groups excluding carboxylic acids is 2. The summed E-state index contributed by atoms with van der Waals surface area (Å²) in [6.07, 6.45) is 3.25. The maximum atomic E-state index is 13.7. The third kappa shape index (κ3) is 3.06. The molecule has 0 bridgehead atoms. The predicted octanol–water partition coefficient (Wildman–Crippen LogP) is 3.16. The van der Waals surface area contributed by atoms with Crippen molar-refractivity contribution in [1.29, 1.82) is 0 Å². The van der Waals surface area contributed by atoms with E-state index in [9.17, 15) is 14.0 Å². The molecule has 0 atom stereocenters. The number of H-pyrrole nitrogens is 1. The van der Waals surface area contributed by atoms with Crippen LogP contribution in [0.2, 0.25) is 0 Å². The van der Waals surface area contributed by atoms with Gasteiger partial charge in [0, 0.05) is 43.3 Å². The predicted molar refractivity (Wildman–Crippen MR) is 102 cm³/mol. The normalized spacial score (nSPS) is 15.2. The number of hydrogen-bond acceptors (Lipinski definition) is 3. The fourth-order valence-corrected chi connectivity index (χ4v) is 3.79. The zero-order chi connectivity index (χ0) is 19.9. The number of piperazine rings is 1. The monoisotopic (exact) mass is 383 g/mol. The maximum Gasteiger partial charge on any atom is 0.289 e. The first-order valence-electron chi connectivity index (χ1n) is 9.27. The summed E-state index contributed by atoms with van der Waals surface area (Å²) in [4.78, 5) is 32.2. The smallest absolute Gasteiger partial charge is 0.289 e. The Morgan fingerprint density at radius 1 is 1.11 bits per heavy atom. The number of fused-ring (bicyclic) bond motifs is 1. The minimum Gasteiger partial charge on any atom is -0.459 e. The Labute approximate surface area is 161 Å². The number of rotatable bonds is 3. The Morgan fingerprint density at radius 2 is 1.82 bits per heavy atom. The quantitative estimate of drug-likeness (QED) is 0.755. The van der Waals surface area contributed by atoms with Gasteiger partial charge in [-0.05, 0) is 49.7 Å². The molecule has 0 radical (unpaired) electrons. The van der Waals surface area contributed by atoms with Crippen molar-refractivity contribution in [2.24, 2.45) is 0 Å². The first kappa shape index (κ1) is 18.3. The molecule has 1 N–H and O–H groups in total. The molecular weight excluding hydrogens is 361 g/mol. The number of nitrogens with one attached hydrogen (secondary N) is 1. The molecule has 3 aromatic rings. The fraction of sp³-hybridized carbons (Fsp3) is 0.333. The SMILES string of the molecule is CC(C)(C(=O)N1CCN(C(=O)c2ccco2)CC1)c1c[nH]c2ccc(F)cc12. The number of hydrogen-bond donors (Lipinski definition) is 1. The Hall–Kier alpha value is -3.09. The van der Waals surface area contributed by atoms with Crippen LogP contribution in [-0.2, 0) is 10.2 Å². The highest BCUT2D eigenvalue weighted by atomic mass is 19.1. The van der Waals surface area contributed by atoms with Crippen LogP contribution in [0.4, 0.5) is 4.39 Å². The van der Waals surface area contributed by atoms with Crippen molar-refractivity contribution < 1.29 is 18.4 Å². The molecular formula is C21H22FN3O3. The summed E-state index contributed by atoms with van der Waals surface area (Å²) < 4.78 is 18.9. The van der Waals surface area contributed by atoms with Crippen LogP contribution in [0.15, 0.2) is 47.2 Å². The van der Waals surface area contributed by atoms with Gasteiger partial charge in [-0.25, -0.2) is 4.39 Å². The summed E-state index contributed by atoms with van der Waals surface area (Å²) in [7, 11) is 0. The molecule has 0 aliphatic carbocycles. The zero-order valence-electron chi connectivity index (χ0n) is 15.9. The molecule has 1 aromatic carbocycles. The van der Waals surface area contributed by atoms with Crippen LogP contribution in [0, 0.1) is 5.82 Å². The van der Waals surface area contributed by atoms with Gasteiger partial charge in [-0.15, -0.1) is 0 Å². The summed E-state index contributed by atoms with van der Waals surface area (Å²) in [6, 6.07) is 7.84. The number of carbonyl (C=O) groups is 2. The van der Waals surface area contributed by atoms with Gasteiger partial charge in [0.1, 0.15) is 5.82 Å². The lowest BCUT2D eigenvalue weighted by Crippen LogP contribution is -2.54. The van der Waals surface area contributed by atoms with Gasteiger partial charge in [0.2, 0.25) is 5.91 Å². The van der Waals surface area contributed by atoms with Crippen molar-refractivity contribution in [3.05, 3.63) is 59.9 Å². The minimum absolute atomic E-state index is 0.0391. The Kier molecular flexibility index (Phi) is 4.45. The molecule has 146 valence electrons. The molecule has 0 spiro atoms. The van der Waals surface area contributed by atoms with Crippen LogP contribution < -0.4 is 0 Å². The Balaban J connectivity index is 1.49. The molecule has 1 aliphatic heterocycles. The second kappa shape index (κ2) is 6.82. The second-order valence-corrected chi connectivity index (χ2v) is 7.58. The highest BCUT2D eigenvalue weighted by Gasteiger charge is 2.37. The first-order valence-corrected chi connectivity index (χ1v) is 9.27. The van der Waals surface area contributed by atoms with Crippen molar-refractivity contribution in [2.45, 2.75) is 19.3 Å². The van der Waals surface area contributed by atoms with E-state index in [1.807, 2.05) is 13.8 Å². The zero-order valence-corrected chi connectivity index (χ0v) is 15.9. The van der Waals surface area contributed by atoms with Gasteiger partial charge in [-0.2, -0.15) is 0 Å². The third-order valence-electron chi connectivity index (χ3n) is 5.44. The van der Waals surface area contributed by atoms with E-state index in [0.29, 0.717) is 37.3 Å². The van der Waals surface area contributed by atoms with E-state index < -0.39 is 5.41 Å². The van der Waals surface area contributed by atoms with Gasteiger partial charge >= 0.3 is 0 Å². The minimum atomic E-state index is -0.820. The average molecular weight is 383 g/mol. The summed E-state index contributed by atoms with van der Waals surface area (Å²) in [5.74, 6) is -0.228. The van der Waals surface area contributed by atoms with E-state index in [2.05, 4.69) is 4.98 Å². The summed E-state index contributed by atoms with van der Waals surface area (Å²) in [5.41, 5.74) is 0.742. The number of amides is 2. The standard InChI is InChI=1S/C21H22FN3O3/c1-21(2,16-13-23-17-6-5-14(22)12-15(16)17)20(27)25-9-7-24(8-10-25)19(26)18-4-3-11-28-18/h3-6,11-13,23H,7-10H2,1-2H3. The molecule has 6 nitrogen and oxygen atoms in total. The van der Waals surface area contributed by atoms with Crippen molar-refractivity contribution >= 4 is 22.7 Å². The Bertz CT molecular complexity index is 1010. The molecule has 1 saturated heterocycles. The number of halogens is 1. The van der Waals surface area contributed by atoms with Gasteiger partial charge in [0.05, 0.1) is 11.7 Å². The second-order valence-electron chi connectivity index (χ2n) is 7.58. The van der Waals surface area contributed by atoms with Crippen LogP contribution in [-0.4, -0.2) is 52.8 Å². The highest BCUT2D eigenvalue weighted by molar-refractivity contribution is 5.95. The van der Waals surface area contributed by atoms with Crippen LogP contribution in [0.25, 0.3) is 10.9 Å². The number of aromatic nitrogens is 1. The molecule has 7 heteroatoms. The van der Waals surface area contributed by atoms with Gasteiger partial charge in [0.15, 0.2) is 5.76 Å². The summed E-state index contributed by atoms with van der Waals surface area (Å²) >= 11 is 0. The topological polar surface area (TPSA) is 69.6 Å². The molecule has 4 rings (SSSR count). The van der Waals surface area contributed by atoms with E-state index >= 15 is 0 Å². The number of furan rings is 1. The molecule has 2 amide bonds. The van der Waals surface area contributed by atoms with Crippen LogP contribution in [0.1, 0.15) is 30.0 Å². The summed E-state index contributed by atoms with van der Waals surface area (Å²) in [5, 5.41) is 0.713. The third-order valence-corrected chi connectivity index (χ3v) is 5.44. The molecule has 0 saturated carbocycles. The van der Waals surface area contributed by atoms with Crippen LogP contribution in [0.5, 0.6) is 0 Å².